The maximum absolute atomic E-state index is 13.5. The molecule has 29 heavy (non-hydrogen) atoms. The van der Waals surface area contributed by atoms with Crippen molar-refractivity contribution in [1.29, 1.82) is 0 Å². The molecule has 0 spiro atoms. The number of benzene rings is 2. The van der Waals surface area contributed by atoms with E-state index in [1.54, 1.807) is 0 Å². The lowest BCUT2D eigenvalue weighted by molar-refractivity contribution is 0.0590. The summed E-state index contributed by atoms with van der Waals surface area (Å²) in [7, 11) is 1.30. The van der Waals surface area contributed by atoms with Crippen molar-refractivity contribution in [2.45, 2.75) is 44.7 Å². The highest BCUT2D eigenvalue weighted by Crippen LogP contribution is 2.26. The Morgan fingerprint density at radius 1 is 1.10 bits per heavy atom. The number of nitrogens with zero attached hydrogens (tertiary/aromatic N) is 2. The van der Waals surface area contributed by atoms with Gasteiger partial charge in [-0.1, -0.05) is 49.6 Å². The highest BCUT2D eigenvalue weighted by Gasteiger charge is 2.28. The highest BCUT2D eigenvalue weighted by atomic mass is 16.5. The summed E-state index contributed by atoms with van der Waals surface area (Å²) in [5, 5.41) is 2.13. The van der Waals surface area contributed by atoms with Crippen LogP contribution in [-0.2, 0) is 11.3 Å². The second-order valence-corrected chi connectivity index (χ2v) is 7.40. The first-order chi connectivity index (χ1) is 14.2. The number of aromatic nitrogens is 1. The summed E-state index contributed by atoms with van der Waals surface area (Å²) in [4.78, 5) is 31.2. The van der Waals surface area contributed by atoms with Crippen LogP contribution in [0.2, 0.25) is 0 Å². The minimum absolute atomic E-state index is 0.0412. The molecule has 0 radical (unpaired) electrons. The predicted octanol–water partition coefficient (Wildman–Crippen LogP) is 4.59. The quantitative estimate of drug-likeness (QED) is 0.594. The summed E-state index contributed by atoms with van der Waals surface area (Å²) >= 11 is 0. The van der Waals surface area contributed by atoms with Crippen molar-refractivity contribution in [3.8, 4) is 0 Å². The molecule has 0 N–H and O–H groups in total. The van der Waals surface area contributed by atoms with Crippen LogP contribution in [0.4, 0.5) is 0 Å². The Kier molecular flexibility index (Phi) is 5.60. The van der Waals surface area contributed by atoms with Crippen LogP contribution in [0.15, 0.2) is 53.1 Å². The van der Waals surface area contributed by atoms with Crippen LogP contribution in [0, 0.1) is 0 Å². The molecule has 0 atom stereocenters. The molecule has 0 aliphatic heterocycles. The maximum atomic E-state index is 13.5. The van der Waals surface area contributed by atoms with Gasteiger partial charge in [0.15, 0.2) is 5.69 Å². The number of oxazole rings is 1. The van der Waals surface area contributed by atoms with Gasteiger partial charge in [-0.15, -0.1) is 0 Å². The van der Waals surface area contributed by atoms with Gasteiger partial charge in [0.25, 0.3) is 5.91 Å². The molecule has 1 heterocycles. The summed E-state index contributed by atoms with van der Waals surface area (Å²) < 4.78 is 10.1. The van der Waals surface area contributed by atoms with Crippen LogP contribution in [-0.4, -0.2) is 34.9 Å². The van der Waals surface area contributed by atoms with E-state index in [2.05, 4.69) is 9.72 Å². The Bertz CT molecular complexity index is 1020. The van der Waals surface area contributed by atoms with Gasteiger partial charge >= 0.3 is 5.97 Å². The maximum Gasteiger partial charge on any atom is 0.360 e. The van der Waals surface area contributed by atoms with E-state index in [4.69, 9.17) is 4.42 Å². The van der Waals surface area contributed by atoms with Gasteiger partial charge in [-0.2, -0.15) is 0 Å². The molecule has 2 aromatic carbocycles. The number of hydrogen-bond acceptors (Lipinski definition) is 5. The zero-order valence-corrected chi connectivity index (χ0v) is 16.5. The van der Waals surface area contributed by atoms with Crippen LogP contribution in [0.5, 0.6) is 0 Å². The third kappa shape index (κ3) is 4.16. The Morgan fingerprint density at radius 2 is 1.86 bits per heavy atom. The van der Waals surface area contributed by atoms with E-state index in [-0.39, 0.29) is 24.2 Å². The number of ether oxygens (including phenoxy) is 1. The van der Waals surface area contributed by atoms with Gasteiger partial charge in [0, 0.05) is 11.6 Å². The molecule has 6 heteroatoms. The third-order valence-corrected chi connectivity index (χ3v) is 5.52. The van der Waals surface area contributed by atoms with Gasteiger partial charge in [0.2, 0.25) is 5.89 Å². The third-order valence-electron chi connectivity index (χ3n) is 5.52. The number of hydrogen-bond donors (Lipinski definition) is 0. The van der Waals surface area contributed by atoms with Gasteiger partial charge < -0.3 is 14.1 Å². The first kappa shape index (κ1) is 19.2. The second kappa shape index (κ2) is 8.47. The van der Waals surface area contributed by atoms with Crippen LogP contribution >= 0.6 is 0 Å². The summed E-state index contributed by atoms with van der Waals surface area (Å²) in [6, 6.07) is 13.9. The standard InChI is InChI=1S/C23H24N2O4/c1-28-23(27)20-15-29-21(24-20)14-25(19-9-3-2-4-10-19)22(26)18-12-11-16-7-5-6-8-17(16)13-18/h5-8,11-13,15,19H,2-4,9-10,14H2,1H3. The van der Waals surface area contributed by atoms with E-state index in [0.29, 0.717) is 11.5 Å². The molecule has 150 valence electrons. The highest BCUT2D eigenvalue weighted by molar-refractivity contribution is 5.98. The molecule has 1 amide bonds. The van der Waals surface area contributed by atoms with E-state index in [9.17, 15) is 9.59 Å². The molecule has 6 nitrogen and oxygen atoms in total. The summed E-state index contributed by atoms with van der Waals surface area (Å²) in [6.45, 7) is 0.229. The molecule has 0 saturated heterocycles. The molecule has 3 aromatic rings. The minimum Gasteiger partial charge on any atom is -0.464 e. The van der Waals surface area contributed by atoms with Crippen molar-refractivity contribution >= 4 is 22.6 Å². The molecule has 0 bridgehead atoms. The fraction of sp³-hybridized carbons (Fsp3) is 0.348. The number of fused-ring (bicyclic) bond motifs is 1. The molecular formula is C23H24N2O4. The molecule has 1 aliphatic rings. The monoisotopic (exact) mass is 392 g/mol. The molecule has 0 unspecified atom stereocenters. The zero-order chi connectivity index (χ0) is 20.2. The lowest BCUT2D eigenvalue weighted by Gasteiger charge is -2.33. The fourth-order valence-corrected chi connectivity index (χ4v) is 3.98. The molecule has 1 aromatic heterocycles. The zero-order valence-electron chi connectivity index (χ0n) is 16.5. The van der Waals surface area contributed by atoms with Gasteiger partial charge in [-0.3, -0.25) is 4.79 Å². The van der Waals surface area contributed by atoms with Crippen molar-refractivity contribution in [2.24, 2.45) is 0 Å². The van der Waals surface area contributed by atoms with E-state index in [1.807, 2.05) is 47.4 Å². The van der Waals surface area contributed by atoms with Crippen molar-refractivity contribution in [3.63, 3.8) is 0 Å². The minimum atomic E-state index is -0.551. The van der Waals surface area contributed by atoms with Crippen LogP contribution in [0.25, 0.3) is 10.8 Å². The summed E-state index contributed by atoms with van der Waals surface area (Å²) in [6.07, 6.45) is 6.60. The molecule has 1 fully saturated rings. The smallest absolute Gasteiger partial charge is 0.360 e. The van der Waals surface area contributed by atoms with Crippen molar-refractivity contribution in [3.05, 3.63) is 65.9 Å². The Labute approximate surface area is 169 Å². The first-order valence-corrected chi connectivity index (χ1v) is 9.98. The molecular weight excluding hydrogens is 368 g/mol. The number of carbonyl (C=O) groups excluding carboxylic acids is 2. The average Bonchev–Trinajstić information content (AvgIpc) is 3.25. The molecule has 4 rings (SSSR count). The molecule has 1 saturated carbocycles. The first-order valence-electron chi connectivity index (χ1n) is 9.98. The van der Waals surface area contributed by atoms with Crippen molar-refractivity contribution in [1.82, 2.24) is 9.88 Å². The number of rotatable bonds is 5. The number of esters is 1. The number of methoxy groups -OCH3 is 1. The summed E-state index contributed by atoms with van der Waals surface area (Å²) in [5.41, 5.74) is 0.762. The van der Waals surface area contributed by atoms with E-state index in [0.717, 1.165) is 36.5 Å². The van der Waals surface area contributed by atoms with E-state index < -0.39 is 5.97 Å². The van der Waals surface area contributed by atoms with Gasteiger partial charge in [0.1, 0.15) is 6.26 Å². The predicted molar refractivity (Wildman–Crippen MR) is 109 cm³/mol. The van der Waals surface area contributed by atoms with E-state index >= 15 is 0 Å². The fourth-order valence-electron chi connectivity index (χ4n) is 3.98. The van der Waals surface area contributed by atoms with Crippen LogP contribution in [0.3, 0.4) is 0 Å². The average molecular weight is 392 g/mol. The largest absolute Gasteiger partial charge is 0.464 e. The van der Waals surface area contributed by atoms with Crippen LogP contribution in [0.1, 0.15) is 58.8 Å². The number of carbonyl (C=O) groups is 2. The van der Waals surface area contributed by atoms with E-state index in [1.165, 1.54) is 19.8 Å². The topological polar surface area (TPSA) is 72.6 Å². The normalized spacial score (nSPS) is 14.7. The van der Waals surface area contributed by atoms with Gasteiger partial charge in [-0.05, 0) is 35.7 Å². The molecule has 1 aliphatic carbocycles. The van der Waals surface area contributed by atoms with Crippen LogP contribution < -0.4 is 0 Å². The Hall–Kier alpha value is -3.15. The lowest BCUT2D eigenvalue weighted by Crippen LogP contribution is -2.41. The lowest BCUT2D eigenvalue weighted by atomic mass is 9.93. The van der Waals surface area contributed by atoms with Gasteiger partial charge in [0.05, 0.1) is 13.7 Å². The second-order valence-electron chi connectivity index (χ2n) is 7.40. The Morgan fingerprint density at radius 3 is 2.62 bits per heavy atom. The SMILES string of the molecule is COC(=O)c1coc(CN(C(=O)c2ccc3ccccc3c2)C2CCCCC2)n1. The number of amides is 1. The Balaban J connectivity index is 1.62. The van der Waals surface area contributed by atoms with Crippen molar-refractivity contribution in [2.75, 3.05) is 7.11 Å². The van der Waals surface area contributed by atoms with Crippen molar-refractivity contribution < 1.29 is 18.7 Å². The van der Waals surface area contributed by atoms with Gasteiger partial charge in [-0.25, -0.2) is 9.78 Å². The summed E-state index contributed by atoms with van der Waals surface area (Å²) in [5.74, 6) is -0.254.